The zero-order valence-corrected chi connectivity index (χ0v) is 23.0. The molecule has 1 amide bonds. The fourth-order valence-electron chi connectivity index (χ4n) is 6.41. The normalized spacial score (nSPS) is 22.3. The Labute approximate surface area is 237 Å². The van der Waals surface area contributed by atoms with Gasteiger partial charge in [0.15, 0.2) is 5.65 Å². The number of rotatable bonds is 6. The number of aliphatic hydroxyl groups is 1. The number of β-amino-alcohol motifs (C(OH)–C–C–N with tert-alkyl or cyclic N) is 1. The summed E-state index contributed by atoms with van der Waals surface area (Å²) in [5.41, 5.74) is 4.67. The van der Waals surface area contributed by atoms with Gasteiger partial charge in [-0.25, -0.2) is 13.9 Å². The summed E-state index contributed by atoms with van der Waals surface area (Å²) in [5.74, 6) is -0.233. The summed E-state index contributed by atoms with van der Waals surface area (Å²) in [7, 11) is 0. The van der Waals surface area contributed by atoms with E-state index in [4.69, 9.17) is 10.1 Å². The number of hydrogen-bond acceptors (Lipinski definition) is 6. The van der Waals surface area contributed by atoms with Crippen LogP contribution in [0.25, 0.3) is 16.9 Å². The third kappa shape index (κ3) is 4.58. The molecule has 1 saturated carbocycles. The van der Waals surface area contributed by atoms with Gasteiger partial charge in [0.2, 0.25) is 0 Å². The molecule has 9 heteroatoms. The smallest absolute Gasteiger partial charge is 0.273 e. The second-order valence-electron chi connectivity index (χ2n) is 11.7. The Morgan fingerprint density at radius 2 is 1.98 bits per heavy atom. The Balaban J connectivity index is 1.20. The van der Waals surface area contributed by atoms with Gasteiger partial charge >= 0.3 is 0 Å². The molecule has 0 bridgehead atoms. The number of amides is 1. The van der Waals surface area contributed by atoms with E-state index in [0.29, 0.717) is 53.7 Å². The quantitative estimate of drug-likeness (QED) is 0.348. The van der Waals surface area contributed by atoms with E-state index < -0.39 is 11.4 Å². The van der Waals surface area contributed by atoms with Gasteiger partial charge in [0.1, 0.15) is 17.8 Å². The van der Waals surface area contributed by atoms with Crippen LogP contribution in [0.1, 0.15) is 71.9 Å². The highest BCUT2D eigenvalue weighted by Crippen LogP contribution is 2.41. The number of fused-ring (bicyclic) bond motifs is 2. The molecule has 1 unspecified atom stereocenters. The molecule has 3 aliphatic rings. The van der Waals surface area contributed by atoms with Crippen LogP contribution >= 0.6 is 0 Å². The van der Waals surface area contributed by atoms with E-state index in [2.05, 4.69) is 19.1 Å². The van der Waals surface area contributed by atoms with Gasteiger partial charge < -0.3 is 19.7 Å². The van der Waals surface area contributed by atoms with Crippen molar-refractivity contribution in [2.24, 2.45) is 0 Å². The maximum Gasteiger partial charge on any atom is 0.273 e. The van der Waals surface area contributed by atoms with Crippen molar-refractivity contribution in [3.63, 3.8) is 0 Å². The summed E-state index contributed by atoms with van der Waals surface area (Å²) >= 11 is 0. The minimum Gasteiger partial charge on any atom is -0.388 e. The topological polar surface area (TPSA) is 91.0 Å². The van der Waals surface area contributed by atoms with Crippen LogP contribution in [0, 0.1) is 5.82 Å². The van der Waals surface area contributed by atoms with E-state index >= 15 is 4.39 Å². The molecule has 2 aromatic heterocycles. The van der Waals surface area contributed by atoms with Crippen molar-refractivity contribution in [2.75, 3.05) is 24.5 Å². The van der Waals surface area contributed by atoms with Crippen LogP contribution in [0.5, 0.6) is 0 Å². The molecule has 1 N–H and O–H groups in total. The number of hydrogen-bond donors (Lipinski definition) is 1. The molecule has 4 aromatic rings. The molecule has 1 aliphatic carbocycles. The van der Waals surface area contributed by atoms with Crippen LogP contribution in [0.15, 0.2) is 54.6 Å². The molecule has 8 nitrogen and oxygen atoms in total. The van der Waals surface area contributed by atoms with Crippen molar-refractivity contribution in [1.29, 1.82) is 0 Å². The molecule has 7 rings (SSSR count). The predicted molar refractivity (Wildman–Crippen MR) is 152 cm³/mol. The number of benzene rings is 2. The average Bonchev–Trinajstić information content (AvgIpc) is 3.61. The molecule has 2 atom stereocenters. The lowest BCUT2D eigenvalue weighted by Crippen LogP contribution is -2.39. The average molecular weight is 554 g/mol. The third-order valence-electron chi connectivity index (χ3n) is 8.91. The van der Waals surface area contributed by atoms with Gasteiger partial charge in [-0.2, -0.15) is 5.10 Å². The van der Waals surface area contributed by atoms with E-state index in [1.165, 1.54) is 17.2 Å². The molecule has 210 valence electrons. The second-order valence-corrected chi connectivity index (χ2v) is 11.7. The molecule has 2 aromatic carbocycles. The minimum atomic E-state index is -1.08. The molecule has 1 saturated heterocycles. The number of aromatic nitrogens is 3. The van der Waals surface area contributed by atoms with Gasteiger partial charge in [0, 0.05) is 55.0 Å². The van der Waals surface area contributed by atoms with E-state index in [1.807, 2.05) is 34.1 Å². The lowest BCUT2D eigenvalue weighted by Gasteiger charge is -2.35. The number of anilines is 1. The fourth-order valence-corrected chi connectivity index (χ4v) is 6.41. The van der Waals surface area contributed by atoms with Crippen LogP contribution < -0.4 is 4.90 Å². The van der Waals surface area contributed by atoms with Crippen LogP contribution in [0.2, 0.25) is 0 Å². The SMILES string of the molecule is C[C@@H]1c2ccccc2CCN1C(=O)c1cc(C2CC2)n2nc(-c3ccc(N4CCC(O)(CC=O)C4)cc3F)cc2n1. The van der Waals surface area contributed by atoms with Crippen molar-refractivity contribution in [3.8, 4) is 11.3 Å². The summed E-state index contributed by atoms with van der Waals surface area (Å²) in [5, 5.41) is 15.3. The third-order valence-corrected chi connectivity index (χ3v) is 8.91. The van der Waals surface area contributed by atoms with Crippen molar-refractivity contribution < 1.29 is 19.1 Å². The minimum absolute atomic E-state index is 0.0482. The summed E-state index contributed by atoms with van der Waals surface area (Å²) in [6.45, 7) is 3.52. The van der Waals surface area contributed by atoms with Gasteiger partial charge in [-0.15, -0.1) is 0 Å². The lowest BCUT2D eigenvalue weighted by atomic mass is 9.93. The predicted octanol–water partition coefficient (Wildman–Crippen LogP) is 4.70. The highest BCUT2D eigenvalue weighted by atomic mass is 19.1. The summed E-state index contributed by atoms with van der Waals surface area (Å²) in [4.78, 5) is 33.2. The van der Waals surface area contributed by atoms with E-state index in [1.54, 1.807) is 16.6 Å². The van der Waals surface area contributed by atoms with E-state index in [-0.39, 0.29) is 24.9 Å². The fraction of sp³-hybridized carbons (Fsp3) is 0.375. The van der Waals surface area contributed by atoms with E-state index in [0.717, 1.165) is 31.2 Å². The Morgan fingerprint density at radius 1 is 1.15 bits per heavy atom. The van der Waals surface area contributed by atoms with Crippen molar-refractivity contribution in [1.82, 2.24) is 19.5 Å². The Bertz CT molecular complexity index is 1680. The highest BCUT2D eigenvalue weighted by molar-refractivity contribution is 5.93. The maximum absolute atomic E-state index is 15.5. The molecular weight excluding hydrogens is 521 g/mol. The zero-order chi connectivity index (χ0) is 28.3. The Morgan fingerprint density at radius 3 is 2.76 bits per heavy atom. The Kier molecular flexibility index (Phi) is 6.15. The van der Waals surface area contributed by atoms with Crippen LogP contribution in [0.3, 0.4) is 0 Å². The monoisotopic (exact) mass is 553 g/mol. The van der Waals surface area contributed by atoms with Crippen molar-refractivity contribution >= 4 is 23.5 Å². The number of carbonyl (C=O) groups is 2. The first-order chi connectivity index (χ1) is 19.8. The molecule has 41 heavy (non-hydrogen) atoms. The second kappa shape index (κ2) is 9.76. The molecule has 0 spiro atoms. The largest absolute Gasteiger partial charge is 0.388 e. The number of aldehydes is 1. The van der Waals surface area contributed by atoms with Gasteiger partial charge in [-0.1, -0.05) is 24.3 Å². The van der Waals surface area contributed by atoms with Gasteiger partial charge in [0.25, 0.3) is 5.91 Å². The molecule has 2 fully saturated rings. The van der Waals surface area contributed by atoms with Gasteiger partial charge in [-0.05, 0) is 68.0 Å². The van der Waals surface area contributed by atoms with Crippen LogP contribution in [-0.2, 0) is 11.2 Å². The molecule has 0 radical (unpaired) electrons. The van der Waals surface area contributed by atoms with Gasteiger partial charge in [0.05, 0.1) is 17.3 Å². The van der Waals surface area contributed by atoms with Crippen molar-refractivity contribution in [3.05, 3.63) is 82.9 Å². The summed E-state index contributed by atoms with van der Waals surface area (Å²) in [6, 6.07) is 16.8. The Hall–Kier alpha value is -4.11. The number of nitrogens with zero attached hydrogens (tertiary/aromatic N) is 5. The maximum atomic E-state index is 15.5. The first kappa shape index (κ1) is 25.8. The summed E-state index contributed by atoms with van der Waals surface area (Å²) in [6.07, 6.45) is 4.10. The van der Waals surface area contributed by atoms with Gasteiger partial charge in [-0.3, -0.25) is 4.79 Å². The first-order valence-electron chi connectivity index (χ1n) is 14.3. The zero-order valence-electron chi connectivity index (χ0n) is 23.0. The van der Waals surface area contributed by atoms with E-state index in [9.17, 15) is 14.7 Å². The molecule has 2 aliphatic heterocycles. The number of halogens is 1. The lowest BCUT2D eigenvalue weighted by molar-refractivity contribution is -0.111. The number of carbonyl (C=O) groups excluding carboxylic acids is 2. The van der Waals surface area contributed by atoms with Crippen LogP contribution in [-0.4, -0.2) is 62.0 Å². The van der Waals surface area contributed by atoms with Crippen LogP contribution in [0.4, 0.5) is 10.1 Å². The molecular formula is C32H32FN5O3. The summed E-state index contributed by atoms with van der Waals surface area (Å²) < 4.78 is 17.2. The van der Waals surface area contributed by atoms with Crippen molar-refractivity contribution in [2.45, 2.75) is 56.6 Å². The standard InChI is InChI=1S/C32H32FN5O3/c1-20-24-5-3-2-4-21(24)10-13-37(20)31(40)28-17-29(22-6-7-22)38-30(34-28)18-27(35-38)25-9-8-23(16-26(25)33)36-14-11-32(41,19-36)12-15-39/h2-5,8-9,15-18,20,22,41H,6-7,10-14,19H2,1H3/t20-,32?/m1/s1. The highest BCUT2D eigenvalue weighted by Gasteiger charge is 2.36. The first-order valence-corrected chi connectivity index (χ1v) is 14.3. The molecule has 4 heterocycles.